The van der Waals surface area contributed by atoms with E-state index in [1.54, 1.807) is 0 Å². The van der Waals surface area contributed by atoms with E-state index in [1.165, 1.54) is 0 Å². The number of carbonyl (C=O) groups is 1. The smallest absolute Gasteiger partial charge is 0.221 e. The molecule has 20 heavy (non-hydrogen) atoms. The van der Waals surface area contributed by atoms with Gasteiger partial charge in [0.05, 0.1) is 0 Å². The molecule has 1 aromatic rings. The molecule has 0 saturated carbocycles. The molecule has 0 spiro atoms. The first-order valence-electron chi connectivity index (χ1n) is 6.95. The fraction of sp³-hybridized carbons (Fsp3) is 0.643. The molecule has 1 fully saturated rings. The number of nitrogens with one attached hydrogen (secondary N) is 1. The van der Waals surface area contributed by atoms with Gasteiger partial charge in [-0.25, -0.2) is 9.97 Å². The number of nitrogens with two attached hydrogens (primary N) is 1. The number of amides is 1. The fourth-order valence-corrected chi connectivity index (χ4v) is 2.14. The zero-order chi connectivity index (χ0) is 14.9. The Morgan fingerprint density at radius 1 is 1.25 bits per heavy atom. The lowest BCUT2D eigenvalue weighted by Gasteiger charge is -2.26. The molecule has 0 aromatic carbocycles. The van der Waals surface area contributed by atoms with E-state index in [9.17, 15) is 4.79 Å². The van der Waals surface area contributed by atoms with Crippen molar-refractivity contribution >= 4 is 17.5 Å². The predicted octanol–water partition coefficient (Wildman–Crippen LogP) is 0.991. The van der Waals surface area contributed by atoms with Gasteiger partial charge in [-0.05, 0) is 6.92 Å². The maximum atomic E-state index is 11.4. The van der Waals surface area contributed by atoms with Gasteiger partial charge in [0.15, 0.2) is 0 Å². The number of carbonyl (C=O) groups excluding carboxylic acids is 1. The molecule has 2 heterocycles. The second-order valence-corrected chi connectivity index (χ2v) is 6.22. The van der Waals surface area contributed by atoms with Crippen molar-refractivity contribution < 1.29 is 4.79 Å². The lowest BCUT2D eigenvalue weighted by Crippen LogP contribution is -2.31. The molecule has 3 N–H and O–H groups in total. The van der Waals surface area contributed by atoms with Crippen molar-refractivity contribution in [3.63, 3.8) is 0 Å². The summed E-state index contributed by atoms with van der Waals surface area (Å²) in [5.74, 6) is 2.18. The van der Waals surface area contributed by atoms with Gasteiger partial charge in [0, 0.05) is 37.0 Å². The van der Waals surface area contributed by atoms with E-state index in [4.69, 9.17) is 10.7 Å². The lowest BCUT2D eigenvalue weighted by atomic mass is 9.95. The van der Waals surface area contributed by atoms with Crippen LogP contribution in [0.4, 0.5) is 11.6 Å². The average Bonchev–Trinajstić information content (AvgIpc) is 2.56. The highest BCUT2D eigenvalue weighted by molar-refractivity contribution is 5.77. The molecule has 1 amide bonds. The van der Waals surface area contributed by atoms with Crippen molar-refractivity contribution in [1.29, 1.82) is 0 Å². The van der Waals surface area contributed by atoms with E-state index >= 15 is 0 Å². The molecule has 6 nitrogen and oxygen atoms in total. The maximum Gasteiger partial charge on any atom is 0.221 e. The predicted molar refractivity (Wildman–Crippen MR) is 79.7 cm³/mol. The molecule has 110 valence electrons. The van der Waals surface area contributed by atoms with Gasteiger partial charge >= 0.3 is 0 Å². The van der Waals surface area contributed by atoms with Gasteiger partial charge in [-0.3, -0.25) is 4.79 Å². The Morgan fingerprint density at radius 2 is 1.95 bits per heavy atom. The molecule has 6 heteroatoms. The van der Waals surface area contributed by atoms with Crippen LogP contribution >= 0.6 is 0 Å². The number of aromatic nitrogens is 2. The Balaban J connectivity index is 2.39. The third-order valence-electron chi connectivity index (χ3n) is 3.44. The van der Waals surface area contributed by atoms with E-state index in [1.807, 2.05) is 6.92 Å². The van der Waals surface area contributed by atoms with Crippen molar-refractivity contribution in [3.05, 3.63) is 11.4 Å². The minimum absolute atomic E-state index is 0.0863. The van der Waals surface area contributed by atoms with Crippen LogP contribution < -0.4 is 16.0 Å². The molecule has 0 atom stereocenters. The van der Waals surface area contributed by atoms with E-state index in [-0.39, 0.29) is 11.3 Å². The van der Waals surface area contributed by atoms with Gasteiger partial charge in [-0.15, -0.1) is 0 Å². The zero-order valence-electron chi connectivity index (χ0n) is 12.7. The summed E-state index contributed by atoms with van der Waals surface area (Å²) in [6.45, 7) is 10.2. The highest BCUT2D eigenvalue weighted by Gasteiger charge is 2.23. The molecular weight excluding hydrogens is 254 g/mol. The molecule has 1 aliphatic heterocycles. The van der Waals surface area contributed by atoms with Crippen LogP contribution in [-0.2, 0) is 10.2 Å². The number of hydrogen-bond acceptors (Lipinski definition) is 5. The quantitative estimate of drug-likeness (QED) is 0.799. The van der Waals surface area contributed by atoms with Gasteiger partial charge in [-0.2, -0.15) is 0 Å². The zero-order valence-corrected chi connectivity index (χ0v) is 12.7. The highest BCUT2D eigenvalue weighted by atomic mass is 16.1. The lowest BCUT2D eigenvalue weighted by molar-refractivity contribution is -0.120. The van der Waals surface area contributed by atoms with E-state index < -0.39 is 0 Å². The average molecular weight is 277 g/mol. The molecule has 0 unspecified atom stereocenters. The van der Waals surface area contributed by atoms with Gasteiger partial charge in [0.2, 0.25) is 5.91 Å². The van der Waals surface area contributed by atoms with Crippen molar-refractivity contribution in [2.45, 2.75) is 39.5 Å². The summed E-state index contributed by atoms with van der Waals surface area (Å²) in [6.07, 6.45) is 0.480. The fourth-order valence-electron chi connectivity index (χ4n) is 2.14. The minimum atomic E-state index is -0.156. The second-order valence-electron chi connectivity index (χ2n) is 6.22. The summed E-state index contributed by atoms with van der Waals surface area (Å²) < 4.78 is 0. The third kappa shape index (κ3) is 3.00. The first-order chi connectivity index (χ1) is 9.29. The molecule has 0 radical (unpaired) electrons. The summed E-state index contributed by atoms with van der Waals surface area (Å²) in [5, 5.41) is 2.87. The molecule has 0 aliphatic carbocycles. The second kappa shape index (κ2) is 5.26. The molecular formula is C14H23N5O. The van der Waals surface area contributed by atoms with Crippen LogP contribution in [0.3, 0.4) is 0 Å². The van der Waals surface area contributed by atoms with Gasteiger partial charge in [-0.1, -0.05) is 20.8 Å². The van der Waals surface area contributed by atoms with Crippen LogP contribution in [0.15, 0.2) is 0 Å². The van der Waals surface area contributed by atoms with Crippen LogP contribution in [0.5, 0.6) is 0 Å². The Hall–Kier alpha value is -1.85. The largest absolute Gasteiger partial charge is 0.383 e. The summed E-state index contributed by atoms with van der Waals surface area (Å²) in [4.78, 5) is 22.6. The van der Waals surface area contributed by atoms with E-state index in [0.29, 0.717) is 25.3 Å². The summed E-state index contributed by atoms with van der Waals surface area (Å²) in [7, 11) is 0. The number of nitrogen functional groups attached to an aromatic ring is 1. The Bertz CT molecular complexity index is 521. The van der Waals surface area contributed by atoms with Crippen LogP contribution in [0.25, 0.3) is 0 Å². The first kappa shape index (κ1) is 14.6. The number of anilines is 2. The van der Waals surface area contributed by atoms with Crippen molar-refractivity contribution in [3.8, 4) is 0 Å². The van der Waals surface area contributed by atoms with E-state index in [2.05, 4.69) is 36.0 Å². The standard InChI is InChI=1S/C14H23N5O/c1-9-11(15)17-13(14(2,3)4)18-12(9)19-7-5-10(20)16-6-8-19/h5-8H2,1-4H3,(H,16,20)(H2,15,17,18). The minimum Gasteiger partial charge on any atom is -0.383 e. The van der Waals surface area contributed by atoms with Crippen LogP contribution in [0, 0.1) is 6.92 Å². The first-order valence-corrected chi connectivity index (χ1v) is 6.95. The van der Waals surface area contributed by atoms with Gasteiger partial charge in [0.25, 0.3) is 0 Å². The third-order valence-corrected chi connectivity index (χ3v) is 3.44. The molecule has 1 saturated heterocycles. The summed E-state index contributed by atoms with van der Waals surface area (Å²) >= 11 is 0. The van der Waals surface area contributed by atoms with Crippen LogP contribution in [0.1, 0.15) is 38.6 Å². The maximum absolute atomic E-state index is 11.4. The van der Waals surface area contributed by atoms with Crippen molar-refractivity contribution in [2.24, 2.45) is 0 Å². The number of nitrogens with zero attached hydrogens (tertiary/aromatic N) is 3. The number of rotatable bonds is 1. The van der Waals surface area contributed by atoms with Gasteiger partial charge in [0.1, 0.15) is 17.5 Å². The topological polar surface area (TPSA) is 84.1 Å². The number of hydrogen-bond donors (Lipinski definition) is 2. The summed E-state index contributed by atoms with van der Waals surface area (Å²) in [5.41, 5.74) is 6.76. The monoisotopic (exact) mass is 277 g/mol. The molecule has 0 bridgehead atoms. The highest BCUT2D eigenvalue weighted by Crippen LogP contribution is 2.27. The van der Waals surface area contributed by atoms with Crippen molar-refractivity contribution in [2.75, 3.05) is 30.3 Å². The Morgan fingerprint density at radius 3 is 2.60 bits per heavy atom. The van der Waals surface area contributed by atoms with Crippen LogP contribution in [0.2, 0.25) is 0 Å². The Kier molecular flexibility index (Phi) is 3.83. The molecule has 1 aromatic heterocycles. The van der Waals surface area contributed by atoms with Gasteiger partial charge < -0.3 is 16.0 Å². The summed E-state index contributed by atoms with van der Waals surface area (Å²) in [6, 6.07) is 0. The SMILES string of the molecule is Cc1c(N)nc(C(C)(C)C)nc1N1CCNC(=O)CC1. The molecule has 2 rings (SSSR count). The normalized spacial score (nSPS) is 16.8. The molecule has 1 aliphatic rings. The van der Waals surface area contributed by atoms with Crippen LogP contribution in [-0.4, -0.2) is 35.5 Å². The van der Waals surface area contributed by atoms with Crippen molar-refractivity contribution in [1.82, 2.24) is 15.3 Å². The Labute approximate surface area is 119 Å². The van der Waals surface area contributed by atoms with E-state index in [0.717, 1.165) is 23.8 Å².